The van der Waals surface area contributed by atoms with Gasteiger partial charge >= 0.3 is 0 Å². The number of rotatable bonds is 9. The Labute approximate surface area is 119 Å². The highest BCUT2D eigenvalue weighted by Gasteiger charge is 2.15. The molecule has 2 nitrogen and oxygen atoms in total. The highest BCUT2D eigenvalue weighted by Crippen LogP contribution is 2.29. The summed E-state index contributed by atoms with van der Waals surface area (Å²) in [6.07, 6.45) is 6.47. The molecule has 18 heavy (non-hydrogen) atoms. The van der Waals surface area contributed by atoms with Crippen molar-refractivity contribution in [2.24, 2.45) is 5.73 Å². The van der Waals surface area contributed by atoms with E-state index in [-0.39, 0.29) is 12.2 Å². The first-order valence-electron chi connectivity index (χ1n) is 6.78. The molecule has 104 valence electrons. The first-order chi connectivity index (χ1) is 8.67. The predicted octanol–water partition coefficient (Wildman–Crippen LogP) is 4.78. The van der Waals surface area contributed by atoms with Crippen LogP contribution in [0.1, 0.15) is 56.9 Å². The molecule has 0 saturated carbocycles. The molecular formula is C14H24ClNOS. The molecule has 1 rings (SSSR count). The van der Waals surface area contributed by atoms with Crippen molar-refractivity contribution in [1.29, 1.82) is 0 Å². The van der Waals surface area contributed by atoms with Crippen molar-refractivity contribution in [3.8, 4) is 0 Å². The van der Waals surface area contributed by atoms with Gasteiger partial charge in [0.1, 0.15) is 6.10 Å². The molecule has 1 heterocycles. The van der Waals surface area contributed by atoms with Crippen LogP contribution < -0.4 is 5.73 Å². The second-order valence-corrected chi connectivity index (χ2v) is 6.41. The maximum absolute atomic E-state index is 6.01. The van der Waals surface area contributed by atoms with Crippen LogP contribution in [0.5, 0.6) is 0 Å². The van der Waals surface area contributed by atoms with Gasteiger partial charge in [-0.15, -0.1) is 11.3 Å². The molecule has 2 N–H and O–H groups in total. The summed E-state index contributed by atoms with van der Waals surface area (Å²) in [5, 5.41) is 0. The summed E-state index contributed by atoms with van der Waals surface area (Å²) in [4.78, 5) is 1.13. The quantitative estimate of drug-likeness (QED) is 0.664. The zero-order chi connectivity index (χ0) is 13.4. The van der Waals surface area contributed by atoms with Gasteiger partial charge in [-0.2, -0.15) is 0 Å². The first-order valence-corrected chi connectivity index (χ1v) is 7.97. The van der Waals surface area contributed by atoms with Crippen LogP contribution in [-0.2, 0) is 4.74 Å². The lowest BCUT2D eigenvalue weighted by atomic mass is 10.1. The zero-order valence-corrected chi connectivity index (χ0v) is 12.9. The Morgan fingerprint density at radius 2 is 2.11 bits per heavy atom. The van der Waals surface area contributed by atoms with Crippen molar-refractivity contribution in [2.75, 3.05) is 6.54 Å². The maximum Gasteiger partial charge on any atom is 0.104 e. The van der Waals surface area contributed by atoms with Crippen molar-refractivity contribution in [2.45, 2.75) is 58.2 Å². The smallest absolute Gasteiger partial charge is 0.104 e. The third-order valence-electron chi connectivity index (χ3n) is 2.99. The summed E-state index contributed by atoms with van der Waals surface area (Å²) in [6.45, 7) is 4.87. The molecule has 4 heteroatoms. The van der Waals surface area contributed by atoms with Crippen LogP contribution in [-0.4, -0.2) is 12.6 Å². The van der Waals surface area contributed by atoms with Crippen molar-refractivity contribution in [3.63, 3.8) is 0 Å². The number of thiophene rings is 1. The van der Waals surface area contributed by atoms with Crippen LogP contribution in [0.25, 0.3) is 0 Å². The Balaban J connectivity index is 2.34. The number of halogens is 1. The lowest BCUT2D eigenvalue weighted by Gasteiger charge is -2.20. The molecule has 0 bridgehead atoms. The summed E-state index contributed by atoms with van der Waals surface area (Å²) in [5.41, 5.74) is 5.78. The molecule has 0 aliphatic carbocycles. The molecule has 0 aromatic carbocycles. The lowest BCUT2D eigenvalue weighted by Crippen LogP contribution is -2.20. The SMILES string of the molecule is CCCCCCC(C)OC(CN)c1ccc(Cl)s1. The van der Waals surface area contributed by atoms with Gasteiger partial charge in [0.05, 0.1) is 10.4 Å². The fourth-order valence-corrected chi connectivity index (χ4v) is 3.06. The Bertz CT molecular complexity index is 329. The van der Waals surface area contributed by atoms with Gasteiger partial charge in [-0.3, -0.25) is 0 Å². The first kappa shape index (κ1) is 16.0. The Hall–Kier alpha value is -0.0900. The van der Waals surface area contributed by atoms with E-state index in [1.165, 1.54) is 25.7 Å². The van der Waals surface area contributed by atoms with Crippen LogP contribution in [0.4, 0.5) is 0 Å². The summed E-state index contributed by atoms with van der Waals surface area (Å²) in [6, 6.07) is 3.91. The van der Waals surface area contributed by atoms with Crippen LogP contribution in [0.3, 0.4) is 0 Å². The van der Waals surface area contributed by atoms with Crippen molar-refractivity contribution < 1.29 is 4.74 Å². The van der Waals surface area contributed by atoms with Gasteiger partial charge in [-0.25, -0.2) is 0 Å². The normalized spacial score (nSPS) is 14.7. The van der Waals surface area contributed by atoms with E-state index in [1.807, 2.05) is 12.1 Å². The molecule has 0 fully saturated rings. The van der Waals surface area contributed by atoms with Gasteiger partial charge in [-0.1, -0.05) is 44.2 Å². The standard InChI is InChI=1S/C14H24ClNOS/c1-3-4-5-6-7-11(2)17-12(10-16)13-8-9-14(15)18-13/h8-9,11-12H,3-7,10,16H2,1-2H3. The van der Waals surface area contributed by atoms with Gasteiger partial charge in [0.2, 0.25) is 0 Å². The summed E-state index contributed by atoms with van der Waals surface area (Å²) < 4.78 is 6.80. The Morgan fingerprint density at radius 1 is 1.33 bits per heavy atom. The molecule has 1 aromatic heterocycles. The summed E-state index contributed by atoms with van der Waals surface area (Å²) in [5.74, 6) is 0. The highest BCUT2D eigenvalue weighted by molar-refractivity contribution is 7.16. The van der Waals surface area contributed by atoms with Crippen molar-refractivity contribution in [3.05, 3.63) is 21.3 Å². The average Bonchev–Trinajstić information content (AvgIpc) is 2.78. The number of ether oxygens (including phenoxy) is 1. The minimum Gasteiger partial charge on any atom is -0.368 e. The number of hydrogen-bond acceptors (Lipinski definition) is 3. The Kier molecular flexibility index (Phi) is 7.91. The molecule has 0 radical (unpaired) electrons. The molecule has 0 aliphatic rings. The molecule has 2 unspecified atom stereocenters. The van der Waals surface area contributed by atoms with E-state index >= 15 is 0 Å². The molecule has 0 aliphatic heterocycles. The van der Waals surface area contributed by atoms with Crippen LogP contribution in [0, 0.1) is 0 Å². The topological polar surface area (TPSA) is 35.2 Å². The minimum absolute atomic E-state index is 0.0105. The van der Waals surface area contributed by atoms with Crippen LogP contribution in [0.2, 0.25) is 4.34 Å². The molecule has 1 aromatic rings. The van der Waals surface area contributed by atoms with E-state index in [2.05, 4.69) is 13.8 Å². The fraction of sp³-hybridized carbons (Fsp3) is 0.714. The summed E-state index contributed by atoms with van der Waals surface area (Å²) in [7, 11) is 0. The molecule has 0 spiro atoms. The van der Waals surface area contributed by atoms with Crippen molar-refractivity contribution in [1.82, 2.24) is 0 Å². The van der Waals surface area contributed by atoms with Crippen molar-refractivity contribution >= 4 is 22.9 Å². The van der Waals surface area contributed by atoms with E-state index in [4.69, 9.17) is 22.1 Å². The van der Waals surface area contributed by atoms with E-state index in [9.17, 15) is 0 Å². The van der Waals surface area contributed by atoms with Crippen LogP contribution >= 0.6 is 22.9 Å². The third-order valence-corrected chi connectivity index (χ3v) is 4.31. The average molecular weight is 290 g/mol. The summed E-state index contributed by atoms with van der Waals surface area (Å²) >= 11 is 7.49. The van der Waals surface area contributed by atoms with Crippen LogP contribution in [0.15, 0.2) is 12.1 Å². The van der Waals surface area contributed by atoms with E-state index in [0.29, 0.717) is 6.54 Å². The Morgan fingerprint density at radius 3 is 2.67 bits per heavy atom. The number of unbranched alkanes of at least 4 members (excludes halogenated alkanes) is 3. The van der Waals surface area contributed by atoms with Gasteiger partial charge in [0, 0.05) is 11.4 Å². The minimum atomic E-state index is -0.0105. The monoisotopic (exact) mass is 289 g/mol. The van der Waals surface area contributed by atoms with Gasteiger partial charge < -0.3 is 10.5 Å². The highest BCUT2D eigenvalue weighted by atomic mass is 35.5. The third kappa shape index (κ3) is 5.70. The number of nitrogens with two attached hydrogens (primary N) is 1. The molecular weight excluding hydrogens is 266 g/mol. The maximum atomic E-state index is 6.01. The van der Waals surface area contributed by atoms with Gasteiger partial charge in [0.25, 0.3) is 0 Å². The zero-order valence-electron chi connectivity index (χ0n) is 11.3. The molecule has 2 atom stereocenters. The molecule has 0 amide bonds. The number of hydrogen-bond donors (Lipinski definition) is 1. The lowest BCUT2D eigenvalue weighted by molar-refractivity contribution is -0.00186. The fourth-order valence-electron chi connectivity index (χ4n) is 1.95. The predicted molar refractivity (Wildman–Crippen MR) is 80.4 cm³/mol. The van der Waals surface area contributed by atoms with Gasteiger partial charge in [-0.05, 0) is 25.5 Å². The van der Waals surface area contributed by atoms with E-state index < -0.39 is 0 Å². The van der Waals surface area contributed by atoms with E-state index in [1.54, 1.807) is 11.3 Å². The largest absolute Gasteiger partial charge is 0.368 e. The second-order valence-electron chi connectivity index (χ2n) is 4.66. The van der Waals surface area contributed by atoms with E-state index in [0.717, 1.165) is 15.6 Å². The second kappa shape index (κ2) is 8.92. The molecule has 0 saturated heterocycles. The van der Waals surface area contributed by atoms with Gasteiger partial charge in [0.15, 0.2) is 0 Å².